The number of rotatable bonds is 4. The molecule has 1 spiro atoms. The molecule has 2 unspecified atom stereocenters. The van der Waals surface area contributed by atoms with E-state index < -0.39 is 0 Å². The first-order valence-electron chi connectivity index (χ1n) is 9.66. The molecule has 1 N–H and O–H groups in total. The molecule has 0 radical (unpaired) electrons. The Labute approximate surface area is 173 Å². The van der Waals surface area contributed by atoms with Crippen LogP contribution in [0.1, 0.15) is 39.5 Å². The van der Waals surface area contributed by atoms with Gasteiger partial charge in [-0.1, -0.05) is 6.42 Å². The Morgan fingerprint density at radius 2 is 1.81 bits per heavy atom. The van der Waals surface area contributed by atoms with E-state index in [4.69, 9.17) is 9.47 Å². The molecule has 1 amide bonds. The molecule has 1 aliphatic heterocycles. The van der Waals surface area contributed by atoms with Crippen molar-refractivity contribution >= 4 is 36.0 Å². The number of ether oxygens (including phenoxy) is 2. The highest BCUT2D eigenvalue weighted by Gasteiger charge is 2.59. The second kappa shape index (κ2) is 9.43. The summed E-state index contributed by atoms with van der Waals surface area (Å²) in [6, 6.07) is 0.458. The van der Waals surface area contributed by atoms with E-state index in [1.807, 2.05) is 14.0 Å². The van der Waals surface area contributed by atoms with Crippen LogP contribution in [0.15, 0.2) is 4.99 Å². The first-order valence-corrected chi connectivity index (χ1v) is 9.66. The maximum absolute atomic E-state index is 11.8. The van der Waals surface area contributed by atoms with Gasteiger partial charge in [0.05, 0.1) is 12.7 Å². The van der Waals surface area contributed by atoms with Gasteiger partial charge in [0.2, 0.25) is 0 Å². The highest BCUT2D eigenvalue weighted by Crippen LogP contribution is 2.57. The van der Waals surface area contributed by atoms with Gasteiger partial charge in [-0.3, -0.25) is 4.99 Å². The van der Waals surface area contributed by atoms with Crippen LogP contribution in [0.25, 0.3) is 0 Å². The zero-order valence-electron chi connectivity index (χ0n) is 16.2. The maximum Gasteiger partial charge on any atom is 0.409 e. The number of aliphatic imine (C=N–C) groups is 1. The SMILES string of the molecule is CCOC(=O)N1CCN(C(=NC)NC2CC(OCC)C23CCC3)CC1.I. The van der Waals surface area contributed by atoms with E-state index in [1.54, 1.807) is 4.90 Å². The summed E-state index contributed by atoms with van der Waals surface area (Å²) in [6.07, 6.45) is 5.07. The predicted molar refractivity (Wildman–Crippen MR) is 112 cm³/mol. The second-order valence-electron chi connectivity index (χ2n) is 7.18. The van der Waals surface area contributed by atoms with Gasteiger partial charge < -0.3 is 24.6 Å². The van der Waals surface area contributed by atoms with E-state index in [0.29, 0.717) is 37.3 Å². The average Bonchev–Trinajstić information content (AvgIpc) is 2.56. The van der Waals surface area contributed by atoms with Crippen molar-refractivity contribution in [3.63, 3.8) is 0 Å². The Morgan fingerprint density at radius 1 is 1.15 bits per heavy atom. The average molecular weight is 480 g/mol. The van der Waals surface area contributed by atoms with Gasteiger partial charge in [-0.2, -0.15) is 0 Å². The number of carbonyl (C=O) groups is 1. The summed E-state index contributed by atoms with van der Waals surface area (Å²) in [5.74, 6) is 0.953. The molecular weight excluding hydrogens is 447 g/mol. The van der Waals surface area contributed by atoms with Crippen LogP contribution in [0.5, 0.6) is 0 Å². The zero-order chi connectivity index (χ0) is 17.9. The van der Waals surface area contributed by atoms with Crippen molar-refractivity contribution < 1.29 is 14.3 Å². The number of halogens is 1. The van der Waals surface area contributed by atoms with Crippen molar-refractivity contribution in [1.29, 1.82) is 0 Å². The largest absolute Gasteiger partial charge is 0.450 e. The minimum Gasteiger partial charge on any atom is -0.450 e. The third-order valence-electron chi connectivity index (χ3n) is 6.06. The minimum absolute atomic E-state index is 0. The standard InChI is InChI=1S/C18H32N4O3.HI/c1-4-24-15-13-14(18(15)7-6-8-18)20-16(19-3)21-9-11-22(12-10-21)17(23)25-5-2;/h14-15H,4-13H2,1-3H3,(H,19,20);1H. The Morgan fingerprint density at radius 3 is 2.31 bits per heavy atom. The van der Waals surface area contributed by atoms with Crippen LogP contribution in [0.4, 0.5) is 4.79 Å². The van der Waals surface area contributed by atoms with Crippen molar-refractivity contribution in [2.45, 2.75) is 51.7 Å². The van der Waals surface area contributed by atoms with Crippen LogP contribution in [0, 0.1) is 5.41 Å². The number of guanidine groups is 1. The normalized spacial score (nSPS) is 27.3. The number of carbonyl (C=O) groups excluding carboxylic acids is 1. The van der Waals surface area contributed by atoms with E-state index >= 15 is 0 Å². The second-order valence-corrected chi connectivity index (χ2v) is 7.18. The molecule has 1 heterocycles. The van der Waals surface area contributed by atoms with Crippen molar-refractivity contribution in [3.05, 3.63) is 0 Å². The molecule has 0 aromatic carbocycles. The van der Waals surface area contributed by atoms with E-state index in [0.717, 1.165) is 32.1 Å². The lowest BCUT2D eigenvalue weighted by atomic mass is 9.51. The van der Waals surface area contributed by atoms with Gasteiger partial charge in [-0.15, -0.1) is 24.0 Å². The fourth-order valence-electron chi connectivity index (χ4n) is 4.41. The van der Waals surface area contributed by atoms with Crippen molar-refractivity contribution in [2.24, 2.45) is 10.4 Å². The third kappa shape index (κ3) is 4.05. The lowest BCUT2D eigenvalue weighted by molar-refractivity contribution is -0.169. The summed E-state index contributed by atoms with van der Waals surface area (Å²) in [6.45, 7) is 8.06. The number of amides is 1. The molecule has 8 heteroatoms. The van der Waals surface area contributed by atoms with E-state index in [-0.39, 0.29) is 30.1 Å². The summed E-state index contributed by atoms with van der Waals surface area (Å²) < 4.78 is 11.0. The van der Waals surface area contributed by atoms with Crippen LogP contribution >= 0.6 is 24.0 Å². The number of hydrogen-bond donors (Lipinski definition) is 1. The first kappa shape index (κ1) is 21.5. The molecule has 2 saturated carbocycles. The molecule has 2 atom stereocenters. The lowest BCUT2D eigenvalue weighted by Crippen LogP contribution is -2.69. The van der Waals surface area contributed by atoms with Crippen molar-refractivity contribution in [3.8, 4) is 0 Å². The Kier molecular flexibility index (Phi) is 7.81. The molecule has 0 aromatic heterocycles. The molecule has 2 aliphatic carbocycles. The topological polar surface area (TPSA) is 66.4 Å². The molecule has 0 bridgehead atoms. The molecular formula is C18H33IN4O3. The molecule has 0 aromatic rings. The van der Waals surface area contributed by atoms with Crippen LogP contribution in [0.2, 0.25) is 0 Å². The monoisotopic (exact) mass is 480 g/mol. The van der Waals surface area contributed by atoms with E-state index in [9.17, 15) is 4.79 Å². The van der Waals surface area contributed by atoms with Crippen molar-refractivity contribution in [2.75, 3.05) is 46.4 Å². The number of nitrogens with one attached hydrogen (secondary N) is 1. The molecule has 1 saturated heterocycles. The summed E-state index contributed by atoms with van der Waals surface area (Å²) in [5.41, 5.74) is 0.318. The molecule has 150 valence electrons. The van der Waals surface area contributed by atoms with Gasteiger partial charge in [-0.05, 0) is 33.1 Å². The van der Waals surface area contributed by atoms with Crippen LogP contribution < -0.4 is 5.32 Å². The van der Waals surface area contributed by atoms with Gasteiger partial charge in [-0.25, -0.2) is 4.79 Å². The van der Waals surface area contributed by atoms with Crippen LogP contribution in [-0.4, -0.2) is 80.4 Å². The fourth-order valence-corrected chi connectivity index (χ4v) is 4.41. The number of piperazine rings is 1. The number of hydrogen-bond acceptors (Lipinski definition) is 4. The van der Waals surface area contributed by atoms with Gasteiger partial charge in [0.25, 0.3) is 0 Å². The summed E-state index contributed by atoms with van der Waals surface area (Å²) >= 11 is 0. The highest BCUT2D eigenvalue weighted by atomic mass is 127. The summed E-state index contributed by atoms with van der Waals surface area (Å²) in [7, 11) is 1.84. The molecule has 3 fully saturated rings. The molecule has 3 rings (SSSR count). The Hall–Kier alpha value is -0.770. The van der Waals surface area contributed by atoms with Crippen molar-refractivity contribution in [1.82, 2.24) is 15.1 Å². The van der Waals surface area contributed by atoms with Crippen LogP contribution in [-0.2, 0) is 9.47 Å². The van der Waals surface area contributed by atoms with Gasteiger partial charge >= 0.3 is 6.09 Å². The smallest absolute Gasteiger partial charge is 0.409 e. The fraction of sp³-hybridized carbons (Fsp3) is 0.889. The van der Waals surface area contributed by atoms with E-state index in [2.05, 4.69) is 22.1 Å². The summed E-state index contributed by atoms with van der Waals surface area (Å²) in [4.78, 5) is 20.3. The molecule has 26 heavy (non-hydrogen) atoms. The van der Waals surface area contributed by atoms with Gasteiger partial charge in [0.15, 0.2) is 5.96 Å². The quantitative estimate of drug-likeness (QED) is 0.380. The number of nitrogens with zero attached hydrogens (tertiary/aromatic N) is 3. The predicted octanol–water partition coefficient (Wildman–Crippen LogP) is 2.30. The maximum atomic E-state index is 11.8. The van der Waals surface area contributed by atoms with Gasteiger partial charge in [0.1, 0.15) is 0 Å². The first-order chi connectivity index (χ1) is 12.1. The summed E-state index contributed by atoms with van der Waals surface area (Å²) in [5, 5.41) is 3.68. The van der Waals surface area contributed by atoms with Gasteiger partial charge in [0, 0.05) is 51.3 Å². The zero-order valence-corrected chi connectivity index (χ0v) is 18.5. The molecule has 3 aliphatic rings. The lowest BCUT2D eigenvalue weighted by Gasteiger charge is -2.61. The highest BCUT2D eigenvalue weighted by molar-refractivity contribution is 14.0. The minimum atomic E-state index is -0.211. The third-order valence-corrected chi connectivity index (χ3v) is 6.06. The van der Waals surface area contributed by atoms with Crippen LogP contribution in [0.3, 0.4) is 0 Å². The Bertz CT molecular complexity index is 505. The Balaban J connectivity index is 0.00000243. The molecule has 7 nitrogen and oxygen atoms in total. The van der Waals surface area contributed by atoms with E-state index in [1.165, 1.54) is 19.3 Å².